The number of anilines is 1. The first-order valence-corrected chi connectivity index (χ1v) is 7.89. The number of amides is 1. The Bertz CT molecular complexity index is 902. The van der Waals surface area contributed by atoms with Crippen molar-refractivity contribution in [2.75, 3.05) is 12.4 Å². The zero-order valence-electron chi connectivity index (χ0n) is 13.1. The maximum Gasteiger partial charge on any atom is 0.274 e. The van der Waals surface area contributed by atoms with Gasteiger partial charge in [-0.3, -0.25) is 9.20 Å². The second-order valence-corrected chi connectivity index (χ2v) is 6.11. The number of methoxy groups -OCH3 is 1. The monoisotopic (exact) mass is 373 g/mol. The van der Waals surface area contributed by atoms with Crippen molar-refractivity contribution >= 4 is 33.2 Å². The summed E-state index contributed by atoms with van der Waals surface area (Å²) in [7, 11) is 1.57. The van der Waals surface area contributed by atoms with Gasteiger partial charge in [-0.05, 0) is 53.5 Å². The van der Waals surface area contributed by atoms with Crippen molar-refractivity contribution in [3.63, 3.8) is 0 Å². The van der Waals surface area contributed by atoms with Gasteiger partial charge in [-0.1, -0.05) is 12.1 Å². The molecule has 2 heterocycles. The topological polar surface area (TPSA) is 55.6 Å². The van der Waals surface area contributed by atoms with Gasteiger partial charge in [0.05, 0.1) is 23.0 Å². The number of carbonyl (C=O) groups excluding carboxylic acids is 1. The minimum absolute atomic E-state index is 0.225. The molecule has 0 saturated carbocycles. The van der Waals surface area contributed by atoms with E-state index in [0.717, 1.165) is 15.7 Å². The summed E-state index contributed by atoms with van der Waals surface area (Å²) >= 11 is 3.50. The highest BCUT2D eigenvalue weighted by atomic mass is 79.9. The minimum atomic E-state index is -0.225. The highest BCUT2D eigenvalue weighted by molar-refractivity contribution is 9.10. The summed E-state index contributed by atoms with van der Waals surface area (Å²) in [6.45, 7) is 3.80. The van der Waals surface area contributed by atoms with Crippen LogP contribution in [0.2, 0.25) is 0 Å². The molecule has 23 heavy (non-hydrogen) atoms. The number of benzene rings is 1. The molecule has 0 bridgehead atoms. The summed E-state index contributed by atoms with van der Waals surface area (Å²) in [4.78, 5) is 17.2. The molecular weight excluding hydrogens is 358 g/mol. The van der Waals surface area contributed by atoms with Gasteiger partial charge in [0.2, 0.25) is 0 Å². The molecule has 2 aromatic heterocycles. The minimum Gasteiger partial charge on any atom is -0.495 e. The van der Waals surface area contributed by atoms with Crippen molar-refractivity contribution in [1.29, 1.82) is 0 Å². The van der Waals surface area contributed by atoms with Crippen LogP contribution in [0.5, 0.6) is 5.75 Å². The van der Waals surface area contributed by atoms with Crippen LogP contribution in [0.4, 0.5) is 5.69 Å². The van der Waals surface area contributed by atoms with Gasteiger partial charge in [0.1, 0.15) is 11.4 Å². The Morgan fingerprint density at radius 1 is 1.30 bits per heavy atom. The first-order valence-electron chi connectivity index (χ1n) is 7.10. The number of rotatable bonds is 3. The van der Waals surface area contributed by atoms with Crippen molar-refractivity contribution < 1.29 is 9.53 Å². The molecule has 0 fully saturated rings. The molecule has 0 saturated heterocycles. The summed E-state index contributed by atoms with van der Waals surface area (Å²) in [5.41, 5.74) is 3.56. The van der Waals surface area contributed by atoms with Gasteiger partial charge in [-0.25, -0.2) is 4.98 Å². The van der Waals surface area contributed by atoms with Crippen LogP contribution in [-0.4, -0.2) is 22.4 Å². The number of pyridine rings is 1. The average Bonchev–Trinajstić information content (AvgIpc) is 2.84. The molecule has 0 spiro atoms. The van der Waals surface area contributed by atoms with Crippen molar-refractivity contribution in [1.82, 2.24) is 9.38 Å². The van der Waals surface area contributed by atoms with Crippen molar-refractivity contribution in [3.8, 4) is 5.75 Å². The molecule has 3 aromatic rings. The summed E-state index contributed by atoms with van der Waals surface area (Å²) in [5.74, 6) is 0.390. The molecule has 118 valence electrons. The van der Waals surface area contributed by atoms with Crippen LogP contribution in [-0.2, 0) is 0 Å². The number of aromatic nitrogens is 2. The van der Waals surface area contributed by atoms with E-state index < -0.39 is 0 Å². The molecule has 5 nitrogen and oxygen atoms in total. The molecule has 0 aliphatic heterocycles. The molecule has 0 radical (unpaired) electrons. The maximum absolute atomic E-state index is 12.8. The van der Waals surface area contributed by atoms with E-state index in [0.29, 0.717) is 22.8 Å². The van der Waals surface area contributed by atoms with Gasteiger partial charge in [-0.15, -0.1) is 0 Å². The molecule has 6 heteroatoms. The molecule has 0 atom stereocenters. The molecule has 0 unspecified atom stereocenters. The van der Waals surface area contributed by atoms with Crippen molar-refractivity contribution in [2.45, 2.75) is 13.8 Å². The average molecular weight is 374 g/mol. The molecule has 0 aliphatic carbocycles. The van der Waals surface area contributed by atoms with Gasteiger partial charge in [0.15, 0.2) is 5.65 Å². The Labute approximate surface area is 142 Å². The first kappa shape index (κ1) is 15.6. The second-order valence-electron chi connectivity index (χ2n) is 5.26. The highest BCUT2D eigenvalue weighted by Crippen LogP contribution is 2.26. The number of aryl methyl sites for hydroxylation is 2. The van der Waals surface area contributed by atoms with E-state index in [2.05, 4.69) is 26.2 Å². The van der Waals surface area contributed by atoms with Crippen molar-refractivity contribution in [2.24, 2.45) is 0 Å². The number of fused-ring (bicyclic) bond motifs is 1. The van der Waals surface area contributed by atoms with E-state index in [9.17, 15) is 4.79 Å². The summed E-state index contributed by atoms with van der Waals surface area (Å²) in [5, 5.41) is 2.90. The second kappa shape index (κ2) is 6.04. The van der Waals surface area contributed by atoms with Crippen LogP contribution in [0, 0.1) is 13.8 Å². The third kappa shape index (κ3) is 2.82. The number of nitrogens with zero attached hydrogens (tertiary/aromatic N) is 2. The van der Waals surface area contributed by atoms with Crippen molar-refractivity contribution in [3.05, 3.63) is 58.0 Å². The van der Waals surface area contributed by atoms with E-state index in [1.54, 1.807) is 23.6 Å². The molecule has 1 N–H and O–H groups in total. The van der Waals surface area contributed by atoms with Crippen LogP contribution in [0.15, 0.2) is 41.0 Å². The predicted octanol–water partition coefficient (Wildman–Crippen LogP) is 3.97. The number of halogens is 1. The lowest BCUT2D eigenvalue weighted by Crippen LogP contribution is -2.16. The number of hydrogen-bond donors (Lipinski definition) is 1. The van der Waals surface area contributed by atoms with E-state index >= 15 is 0 Å². The normalized spacial score (nSPS) is 10.8. The maximum atomic E-state index is 12.8. The molecule has 3 rings (SSSR count). The Hall–Kier alpha value is -2.34. The van der Waals surface area contributed by atoms with Crippen LogP contribution < -0.4 is 10.1 Å². The highest BCUT2D eigenvalue weighted by Gasteiger charge is 2.19. The van der Waals surface area contributed by atoms with Gasteiger partial charge >= 0.3 is 0 Å². The predicted molar refractivity (Wildman–Crippen MR) is 93.3 cm³/mol. The molecule has 0 aliphatic rings. The van der Waals surface area contributed by atoms with Gasteiger partial charge < -0.3 is 10.1 Å². The smallest absolute Gasteiger partial charge is 0.274 e. The lowest BCUT2D eigenvalue weighted by molar-refractivity contribution is 0.102. The zero-order chi connectivity index (χ0) is 16.6. The summed E-state index contributed by atoms with van der Waals surface area (Å²) in [6.07, 6.45) is 1.90. The number of imidazole rings is 1. The van der Waals surface area contributed by atoms with Crippen LogP contribution in [0.1, 0.15) is 21.7 Å². The van der Waals surface area contributed by atoms with Crippen LogP contribution in [0.3, 0.4) is 0 Å². The Morgan fingerprint density at radius 3 is 2.78 bits per heavy atom. The SMILES string of the molecule is COc1ccccc1NC(=O)c1c(C)nc2c(Br)cc(C)cn12. The fourth-order valence-electron chi connectivity index (χ4n) is 2.55. The largest absolute Gasteiger partial charge is 0.495 e. The Morgan fingerprint density at radius 2 is 2.04 bits per heavy atom. The van der Waals surface area contributed by atoms with E-state index in [4.69, 9.17) is 4.74 Å². The van der Waals surface area contributed by atoms with Crippen LogP contribution in [0.25, 0.3) is 5.65 Å². The lowest BCUT2D eigenvalue weighted by atomic mass is 10.2. The molecule has 1 aromatic carbocycles. The summed E-state index contributed by atoms with van der Waals surface area (Å²) in [6, 6.07) is 9.28. The fourth-order valence-corrected chi connectivity index (χ4v) is 3.19. The Kier molecular flexibility index (Phi) is 4.09. The van der Waals surface area contributed by atoms with Crippen LogP contribution >= 0.6 is 15.9 Å². The zero-order valence-corrected chi connectivity index (χ0v) is 14.6. The quantitative estimate of drug-likeness (QED) is 0.755. The molecule has 1 amide bonds. The molecular formula is C17H16BrN3O2. The van der Waals surface area contributed by atoms with E-state index in [-0.39, 0.29) is 5.91 Å². The Balaban J connectivity index is 2.06. The standard InChI is InChI=1S/C17H16BrN3O2/c1-10-8-12(18)16-19-11(2)15(21(16)9-10)17(22)20-13-6-4-5-7-14(13)23-3/h4-9H,1-3H3,(H,20,22). The number of nitrogens with one attached hydrogen (secondary N) is 1. The third-order valence-electron chi connectivity index (χ3n) is 3.56. The number of carbonyl (C=O) groups is 1. The fraction of sp³-hybridized carbons (Fsp3) is 0.176. The van der Waals surface area contributed by atoms with Gasteiger partial charge in [0, 0.05) is 6.20 Å². The van der Waals surface area contributed by atoms with Gasteiger partial charge in [0.25, 0.3) is 5.91 Å². The van der Waals surface area contributed by atoms with E-state index in [1.807, 2.05) is 38.2 Å². The number of ether oxygens (including phenoxy) is 1. The van der Waals surface area contributed by atoms with Gasteiger partial charge in [-0.2, -0.15) is 0 Å². The third-order valence-corrected chi connectivity index (χ3v) is 4.14. The first-order chi connectivity index (χ1) is 11.0. The number of hydrogen-bond acceptors (Lipinski definition) is 3. The lowest BCUT2D eigenvalue weighted by Gasteiger charge is -2.10. The summed E-state index contributed by atoms with van der Waals surface area (Å²) < 4.78 is 7.94. The van der Waals surface area contributed by atoms with E-state index in [1.165, 1.54) is 0 Å². The number of para-hydroxylation sites is 2.